The van der Waals surface area contributed by atoms with E-state index in [9.17, 15) is 0 Å². The molecule has 0 fully saturated rings. The molecule has 0 aliphatic rings. The summed E-state index contributed by atoms with van der Waals surface area (Å²) >= 11 is 8.43. The van der Waals surface area contributed by atoms with Gasteiger partial charge in [-0.2, -0.15) is 0 Å². The molecule has 0 bridgehead atoms. The molecule has 4 heteroatoms. The maximum absolute atomic E-state index is 6.15. The van der Waals surface area contributed by atoms with E-state index in [-0.39, 0.29) is 0 Å². The highest BCUT2D eigenvalue weighted by Crippen LogP contribution is 2.32. The molecule has 0 amide bonds. The molecule has 2 nitrogen and oxygen atoms in total. The van der Waals surface area contributed by atoms with Gasteiger partial charge in [0.1, 0.15) is 0 Å². The second-order valence-corrected chi connectivity index (χ2v) is 6.05. The third-order valence-corrected chi connectivity index (χ3v) is 4.21. The average molecular weight is 395 g/mol. The zero-order chi connectivity index (χ0) is 14.1. The van der Waals surface area contributed by atoms with Crippen LogP contribution in [0.5, 0.6) is 0 Å². The number of anilines is 1. The Bertz CT molecular complexity index is 772. The number of hydrogen-bond acceptors (Lipinski definition) is 2. The molecule has 20 heavy (non-hydrogen) atoms. The van der Waals surface area contributed by atoms with Crippen LogP contribution in [0.15, 0.2) is 48.5 Å². The number of halogens is 2. The Morgan fingerprint density at radius 1 is 1.10 bits per heavy atom. The summed E-state index contributed by atoms with van der Waals surface area (Å²) < 4.78 is 1.05. The number of pyridine rings is 1. The van der Waals surface area contributed by atoms with Gasteiger partial charge in [-0.1, -0.05) is 41.9 Å². The van der Waals surface area contributed by atoms with E-state index >= 15 is 0 Å². The van der Waals surface area contributed by atoms with Crippen LogP contribution in [-0.4, -0.2) is 12.0 Å². The maximum atomic E-state index is 6.15. The molecule has 2 aromatic carbocycles. The van der Waals surface area contributed by atoms with Crippen LogP contribution in [0, 0.1) is 3.57 Å². The molecule has 0 aliphatic carbocycles. The van der Waals surface area contributed by atoms with Crippen LogP contribution < -0.4 is 5.32 Å². The molecule has 100 valence electrons. The standard InChI is InChI=1S/C16H12ClIN2/c1-19-15-9-14(10-5-3-2-4-6-10)20-16-12(15)7-11(17)8-13(16)18/h2-9H,1H3,(H,19,20). The highest BCUT2D eigenvalue weighted by atomic mass is 127. The van der Waals surface area contributed by atoms with Crippen molar-refractivity contribution in [2.24, 2.45) is 0 Å². The molecular formula is C16H12ClIN2. The topological polar surface area (TPSA) is 24.9 Å². The van der Waals surface area contributed by atoms with Crippen molar-refractivity contribution in [3.05, 3.63) is 57.1 Å². The zero-order valence-electron chi connectivity index (χ0n) is 10.8. The number of rotatable bonds is 2. The normalized spacial score (nSPS) is 10.8. The predicted molar refractivity (Wildman–Crippen MR) is 94.5 cm³/mol. The van der Waals surface area contributed by atoms with Crippen molar-refractivity contribution in [3.63, 3.8) is 0 Å². The van der Waals surface area contributed by atoms with Crippen LogP contribution in [0.4, 0.5) is 5.69 Å². The summed E-state index contributed by atoms with van der Waals surface area (Å²) in [7, 11) is 1.91. The minimum Gasteiger partial charge on any atom is -0.388 e. The van der Waals surface area contributed by atoms with Gasteiger partial charge in [-0.25, -0.2) is 4.98 Å². The van der Waals surface area contributed by atoms with Gasteiger partial charge in [-0.05, 0) is 40.8 Å². The van der Waals surface area contributed by atoms with E-state index in [2.05, 4.69) is 46.1 Å². The molecule has 3 rings (SSSR count). The van der Waals surface area contributed by atoms with Crippen molar-refractivity contribution in [1.82, 2.24) is 4.98 Å². The zero-order valence-corrected chi connectivity index (χ0v) is 13.7. The number of nitrogens with one attached hydrogen (secondary N) is 1. The first-order valence-electron chi connectivity index (χ1n) is 6.22. The van der Waals surface area contributed by atoms with Crippen molar-refractivity contribution >= 4 is 50.8 Å². The lowest BCUT2D eigenvalue weighted by atomic mass is 10.1. The van der Waals surface area contributed by atoms with Crippen molar-refractivity contribution < 1.29 is 0 Å². The van der Waals surface area contributed by atoms with E-state index in [0.29, 0.717) is 0 Å². The third kappa shape index (κ3) is 2.47. The summed E-state index contributed by atoms with van der Waals surface area (Å²) in [6, 6.07) is 16.1. The lowest BCUT2D eigenvalue weighted by molar-refractivity contribution is 1.37. The van der Waals surface area contributed by atoms with Gasteiger partial charge in [-0.3, -0.25) is 0 Å². The molecule has 1 N–H and O–H groups in total. The van der Waals surface area contributed by atoms with Crippen LogP contribution in [0.1, 0.15) is 0 Å². The largest absolute Gasteiger partial charge is 0.388 e. The van der Waals surface area contributed by atoms with E-state index in [1.54, 1.807) is 0 Å². The van der Waals surface area contributed by atoms with E-state index in [1.807, 2.05) is 37.4 Å². The van der Waals surface area contributed by atoms with E-state index < -0.39 is 0 Å². The average Bonchev–Trinajstić information content (AvgIpc) is 2.47. The molecule has 0 saturated carbocycles. The quantitative estimate of drug-likeness (QED) is 0.604. The highest BCUT2D eigenvalue weighted by Gasteiger charge is 2.10. The van der Waals surface area contributed by atoms with Gasteiger partial charge >= 0.3 is 0 Å². The Balaban J connectivity index is 2.32. The van der Waals surface area contributed by atoms with Crippen LogP contribution in [0.3, 0.4) is 0 Å². The van der Waals surface area contributed by atoms with Crippen LogP contribution in [-0.2, 0) is 0 Å². The molecule has 1 aromatic heterocycles. The first-order valence-corrected chi connectivity index (χ1v) is 7.67. The Morgan fingerprint density at radius 2 is 1.85 bits per heavy atom. The number of fused-ring (bicyclic) bond motifs is 1. The molecule has 0 aliphatic heterocycles. The molecule has 3 aromatic rings. The van der Waals surface area contributed by atoms with Gasteiger partial charge in [0.25, 0.3) is 0 Å². The van der Waals surface area contributed by atoms with Crippen molar-refractivity contribution in [2.75, 3.05) is 12.4 Å². The molecule has 0 spiro atoms. The summed E-state index contributed by atoms with van der Waals surface area (Å²) in [5, 5.41) is 5.01. The number of hydrogen-bond donors (Lipinski definition) is 1. The van der Waals surface area contributed by atoms with Crippen molar-refractivity contribution in [3.8, 4) is 11.3 Å². The fourth-order valence-electron chi connectivity index (χ4n) is 2.22. The second-order valence-electron chi connectivity index (χ2n) is 4.45. The Labute approximate surface area is 136 Å². The van der Waals surface area contributed by atoms with Gasteiger partial charge in [-0.15, -0.1) is 0 Å². The lowest BCUT2D eigenvalue weighted by Crippen LogP contribution is -1.95. The predicted octanol–water partition coefficient (Wildman–Crippen LogP) is 5.20. The van der Waals surface area contributed by atoms with Crippen molar-refractivity contribution in [1.29, 1.82) is 0 Å². The van der Waals surface area contributed by atoms with E-state index in [4.69, 9.17) is 16.6 Å². The number of benzene rings is 2. The lowest BCUT2D eigenvalue weighted by Gasteiger charge is -2.11. The van der Waals surface area contributed by atoms with Crippen LogP contribution >= 0.6 is 34.2 Å². The minimum atomic E-state index is 0.729. The Hall–Kier alpha value is -1.33. The third-order valence-electron chi connectivity index (χ3n) is 3.17. The van der Waals surface area contributed by atoms with Gasteiger partial charge in [0.15, 0.2) is 0 Å². The summed E-state index contributed by atoms with van der Waals surface area (Å²) in [6.07, 6.45) is 0. The monoisotopic (exact) mass is 394 g/mol. The number of aromatic nitrogens is 1. The van der Waals surface area contributed by atoms with Crippen molar-refractivity contribution in [2.45, 2.75) is 0 Å². The Morgan fingerprint density at radius 3 is 2.55 bits per heavy atom. The van der Waals surface area contributed by atoms with Gasteiger partial charge in [0.2, 0.25) is 0 Å². The summed E-state index contributed by atoms with van der Waals surface area (Å²) in [5.74, 6) is 0. The van der Waals surface area contributed by atoms with E-state index in [0.717, 1.165) is 36.4 Å². The Kier molecular flexibility index (Phi) is 3.81. The maximum Gasteiger partial charge on any atom is 0.0864 e. The number of nitrogens with zero attached hydrogens (tertiary/aromatic N) is 1. The minimum absolute atomic E-state index is 0.729. The molecular weight excluding hydrogens is 383 g/mol. The highest BCUT2D eigenvalue weighted by molar-refractivity contribution is 14.1. The van der Waals surface area contributed by atoms with Crippen LogP contribution in [0.2, 0.25) is 5.02 Å². The molecule has 0 unspecified atom stereocenters. The van der Waals surface area contributed by atoms with E-state index in [1.165, 1.54) is 0 Å². The van der Waals surface area contributed by atoms with Gasteiger partial charge in [0.05, 0.1) is 11.2 Å². The molecule has 1 heterocycles. The van der Waals surface area contributed by atoms with Gasteiger partial charge in [0, 0.05) is 32.3 Å². The smallest absolute Gasteiger partial charge is 0.0864 e. The fourth-order valence-corrected chi connectivity index (χ4v) is 3.36. The SMILES string of the molecule is CNc1cc(-c2ccccc2)nc2c(I)cc(Cl)cc12. The molecule has 0 radical (unpaired) electrons. The van der Waals surface area contributed by atoms with Gasteiger partial charge < -0.3 is 5.32 Å². The molecule has 0 atom stereocenters. The summed E-state index contributed by atoms with van der Waals surface area (Å²) in [4.78, 5) is 4.79. The first kappa shape index (κ1) is 13.6. The summed E-state index contributed by atoms with van der Waals surface area (Å²) in [5.41, 5.74) is 4.08. The second kappa shape index (κ2) is 5.58. The summed E-state index contributed by atoms with van der Waals surface area (Å²) in [6.45, 7) is 0. The molecule has 0 saturated heterocycles. The van der Waals surface area contributed by atoms with Crippen LogP contribution in [0.25, 0.3) is 22.2 Å². The first-order chi connectivity index (χ1) is 9.69. The fraction of sp³-hybridized carbons (Fsp3) is 0.0625.